The molecule has 0 saturated carbocycles. The molecule has 2 N–H and O–H groups in total. The fourth-order valence-electron chi connectivity index (χ4n) is 1.69. The lowest BCUT2D eigenvalue weighted by atomic mass is 10.0. The molecule has 1 atom stereocenters. The molecule has 0 spiro atoms. The predicted octanol–water partition coefficient (Wildman–Crippen LogP) is 4.27. The molecule has 0 bridgehead atoms. The minimum atomic E-state index is -0.235. The summed E-state index contributed by atoms with van der Waals surface area (Å²) in [4.78, 5) is 0. The lowest BCUT2D eigenvalue weighted by Gasteiger charge is -2.08. The van der Waals surface area contributed by atoms with Gasteiger partial charge in [0.15, 0.2) is 0 Å². The first-order valence-electron chi connectivity index (χ1n) is 5.39. The van der Waals surface area contributed by atoms with Crippen LogP contribution in [0, 0.1) is 5.82 Å². The number of hydrogen-bond acceptors (Lipinski definition) is 1. The first-order valence-corrected chi connectivity index (χ1v) is 6.19. The van der Waals surface area contributed by atoms with Crippen molar-refractivity contribution in [2.24, 2.45) is 5.73 Å². The van der Waals surface area contributed by atoms with Crippen molar-refractivity contribution < 1.29 is 4.39 Å². The fraction of sp³-hybridized carbons (Fsp3) is 0.143. The third-order valence-corrected chi connectivity index (χ3v) is 3.31. The summed E-state index contributed by atoms with van der Waals surface area (Å²) in [5, 5.41) is 0. The van der Waals surface area contributed by atoms with E-state index in [1.165, 1.54) is 0 Å². The molecule has 88 valence electrons. The van der Waals surface area contributed by atoms with Gasteiger partial charge in [-0.1, -0.05) is 36.4 Å². The van der Waals surface area contributed by atoms with Crippen LogP contribution in [0.4, 0.5) is 4.39 Å². The first-order chi connectivity index (χ1) is 8.09. The van der Waals surface area contributed by atoms with E-state index in [-0.39, 0.29) is 11.9 Å². The van der Waals surface area contributed by atoms with Gasteiger partial charge >= 0.3 is 0 Å². The lowest BCUT2D eigenvalue weighted by Crippen LogP contribution is -2.04. The van der Waals surface area contributed by atoms with Crippen LogP contribution in [0.1, 0.15) is 18.5 Å². The zero-order valence-corrected chi connectivity index (χ0v) is 11.0. The van der Waals surface area contributed by atoms with Crippen LogP contribution in [-0.2, 0) is 0 Å². The van der Waals surface area contributed by atoms with Crippen LogP contribution in [0.5, 0.6) is 0 Å². The number of rotatable bonds is 2. The van der Waals surface area contributed by atoms with Gasteiger partial charge in [-0.25, -0.2) is 4.39 Å². The third kappa shape index (κ3) is 2.56. The van der Waals surface area contributed by atoms with Gasteiger partial charge in [-0.3, -0.25) is 0 Å². The van der Waals surface area contributed by atoms with Crippen LogP contribution >= 0.6 is 15.9 Å². The molecule has 0 amide bonds. The average Bonchev–Trinajstić information content (AvgIpc) is 2.33. The second-order valence-electron chi connectivity index (χ2n) is 4.01. The summed E-state index contributed by atoms with van der Waals surface area (Å²) in [6, 6.07) is 12.9. The summed E-state index contributed by atoms with van der Waals surface area (Å²) in [6.45, 7) is 1.93. The van der Waals surface area contributed by atoms with Gasteiger partial charge < -0.3 is 5.73 Å². The maximum atomic E-state index is 13.9. The monoisotopic (exact) mass is 293 g/mol. The van der Waals surface area contributed by atoms with Gasteiger partial charge in [0.05, 0.1) is 4.47 Å². The molecular weight excluding hydrogens is 281 g/mol. The van der Waals surface area contributed by atoms with E-state index in [2.05, 4.69) is 15.9 Å². The highest BCUT2D eigenvalue weighted by Crippen LogP contribution is 2.28. The maximum absolute atomic E-state index is 13.9. The van der Waals surface area contributed by atoms with Crippen molar-refractivity contribution in [3.8, 4) is 11.1 Å². The topological polar surface area (TPSA) is 26.0 Å². The minimum absolute atomic E-state index is 0.00333. The number of nitrogens with two attached hydrogens (primary N) is 1. The van der Waals surface area contributed by atoms with Gasteiger partial charge in [-0.05, 0) is 40.0 Å². The summed E-state index contributed by atoms with van der Waals surface area (Å²) in [5.74, 6) is -0.235. The van der Waals surface area contributed by atoms with Gasteiger partial charge in [-0.15, -0.1) is 0 Å². The molecule has 2 aromatic rings. The van der Waals surface area contributed by atoms with Crippen molar-refractivity contribution in [1.82, 2.24) is 0 Å². The summed E-state index contributed by atoms with van der Waals surface area (Å²) in [7, 11) is 0. The van der Waals surface area contributed by atoms with Crippen LogP contribution in [0.25, 0.3) is 11.1 Å². The van der Waals surface area contributed by atoms with Crippen LogP contribution in [0.2, 0.25) is 0 Å². The molecule has 0 aromatic heterocycles. The highest BCUT2D eigenvalue weighted by molar-refractivity contribution is 9.10. The maximum Gasteiger partial charge on any atom is 0.145 e. The minimum Gasteiger partial charge on any atom is -0.324 e. The molecule has 0 heterocycles. The molecule has 2 rings (SSSR count). The Bertz CT molecular complexity index is 520. The highest BCUT2D eigenvalue weighted by Gasteiger charge is 2.08. The third-order valence-electron chi connectivity index (χ3n) is 2.70. The van der Waals surface area contributed by atoms with E-state index in [0.29, 0.717) is 10.0 Å². The molecule has 0 aliphatic rings. The smallest absolute Gasteiger partial charge is 0.145 e. The normalized spacial score (nSPS) is 12.5. The first kappa shape index (κ1) is 12.3. The standard InChI is InChI=1S/C14H13BrFN/c1-9(17)10-5-7-11(8-6-10)12-3-2-4-13(15)14(12)16/h2-9H,17H2,1H3. The van der Waals surface area contributed by atoms with Crippen molar-refractivity contribution in [2.75, 3.05) is 0 Å². The van der Waals surface area contributed by atoms with Crippen molar-refractivity contribution >= 4 is 15.9 Å². The molecule has 1 unspecified atom stereocenters. The quantitative estimate of drug-likeness (QED) is 0.879. The van der Waals surface area contributed by atoms with Crippen LogP contribution in [0.15, 0.2) is 46.9 Å². The van der Waals surface area contributed by atoms with Crippen molar-refractivity contribution in [3.63, 3.8) is 0 Å². The molecule has 0 aliphatic heterocycles. The van der Waals surface area contributed by atoms with Gasteiger partial charge in [0, 0.05) is 11.6 Å². The van der Waals surface area contributed by atoms with Crippen molar-refractivity contribution in [2.45, 2.75) is 13.0 Å². The van der Waals surface area contributed by atoms with Crippen LogP contribution in [-0.4, -0.2) is 0 Å². The Labute approximate surface area is 109 Å². The summed E-state index contributed by atoms with van der Waals surface area (Å²) < 4.78 is 14.4. The highest BCUT2D eigenvalue weighted by atomic mass is 79.9. The zero-order chi connectivity index (χ0) is 12.4. The van der Waals surface area contributed by atoms with E-state index in [0.717, 1.165) is 11.1 Å². The summed E-state index contributed by atoms with van der Waals surface area (Å²) in [5.41, 5.74) is 8.27. The Morgan fingerprint density at radius 3 is 2.35 bits per heavy atom. The Kier molecular flexibility index (Phi) is 3.60. The molecule has 0 fully saturated rings. The fourth-order valence-corrected chi connectivity index (χ4v) is 2.06. The zero-order valence-electron chi connectivity index (χ0n) is 9.45. The molecule has 2 aromatic carbocycles. The average molecular weight is 294 g/mol. The van der Waals surface area contributed by atoms with E-state index in [1.807, 2.05) is 37.3 Å². The number of benzene rings is 2. The van der Waals surface area contributed by atoms with Crippen LogP contribution < -0.4 is 5.73 Å². The molecule has 0 aliphatic carbocycles. The molecular formula is C14H13BrFN. The second kappa shape index (κ2) is 4.98. The molecule has 1 nitrogen and oxygen atoms in total. The second-order valence-corrected chi connectivity index (χ2v) is 4.87. The van der Waals surface area contributed by atoms with Gasteiger partial charge in [-0.2, -0.15) is 0 Å². The molecule has 0 radical (unpaired) electrons. The van der Waals surface area contributed by atoms with Gasteiger partial charge in [0.2, 0.25) is 0 Å². The summed E-state index contributed by atoms with van der Waals surface area (Å²) in [6.07, 6.45) is 0. The van der Waals surface area contributed by atoms with Gasteiger partial charge in [0.1, 0.15) is 5.82 Å². The summed E-state index contributed by atoms with van der Waals surface area (Å²) >= 11 is 3.19. The number of hydrogen-bond donors (Lipinski definition) is 1. The SMILES string of the molecule is CC(N)c1ccc(-c2cccc(Br)c2F)cc1. The van der Waals surface area contributed by atoms with Crippen LogP contribution in [0.3, 0.4) is 0 Å². The Balaban J connectivity index is 2.43. The molecule has 0 saturated heterocycles. The van der Waals surface area contributed by atoms with E-state index < -0.39 is 0 Å². The Hall–Kier alpha value is -1.19. The van der Waals surface area contributed by atoms with E-state index in [1.54, 1.807) is 12.1 Å². The van der Waals surface area contributed by atoms with E-state index in [4.69, 9.17) is 5.73 Å². The predicted molar refractivity (Wildman–Crippen MR) is 72.1 cm³/mol. The van der Waals surface area contributed by atoms with Gasteiger partial charge in [0.25, 0.3) is 0 Å². The Morgan fingerprint density at radius 1 is 1.12 bits per heavy atom. The largest absolute Gasteiger partial charge is 0.324 e. The van der Waals surface area contributed by atoms with Crippen molar-refractivity contribution in [3.05, 3.63) is 58.3 Å². The Morgan fingerprint density at radius 2 is 1.76 bits per heavy atom. The lowest BCUT2D eigenvalue weighted by molar-refractivity contribution is 0.624. The van der Waals surface area contributed by atoms with E-state index >= 15 is 0 Å². The van der Waals surface area contributed by atoms with E-state index in [9.17, 15) is 4.39 Å². The molecule has 3 heteroatoms. The van der Waals surface area contributed by atoms with Crippen molar-refractivity contribution in [1.29, 1.82) is 0 Å². The molecule has 17 heavy (non-hydrogen) atoms. The number of halogens is 2.